The summed E-state index contributed by atoms with van der Waals surface area (Å²) < 4.78 is 4.98. The van der Waals surface area contributed by atoms with Crippen molar-refractivity contribution in [2.24, 2.45) is 5.92 Å². The van der Waals surface area contributed by atoms with E-state index in [1.54, 1.807) is 6.08 Å². The van der Waals surface area contributed by atoms with Gasteiger partial charge in [0.1, 0.15) is 0 Å². The molecule has 0 rings (SSSR count). The highest BCUT2D eigenvalue weighted by Crippen LogP contribution is 2.15. The van der Waals surface area contributed by atoms with Gasteiger partial charge in [0.05, 0.1) is 18.9 Å². The molecule has 4 nitrogen and oxygen atoms in total. The summed E-state index contributed by atoms with van der Waals surface area (Å²) in [5.41, 5.74) is 0. The van der Waals surface area contributed by atoms with Crippen molar-refractivity contribution in [3.05, 3.63) is 12.2 Å². The Morgan fingerprint density at radius 1 is 0.688 bits per heavy atom. The average molecular weight is 453 g/mol. The van der Waals surface area contributed by atoms with Crippen molar-refractivity contribution >= 4 is 11.9 Å². The Kier molecular flexibility index (Phi) is 23.3. The highest BCUT2D eigenvalue weighted by Gasteiger charge is 2.18. The minimum Gasteiger partial charge on any atom is -0.481 e. The molecule has 0 bridgehead atoms. The van der Waals surface area contributed by atoms with E-state index in [2.05, 4.69) is 6.92 Å². The molecule has 0 amide bonds. The first-order chi connectivity index (χ1) is 15.6. The van der Waals surface area contributed by atoms with Crippen LogP contribution < -0.4 is 0 Å². The molecular weight excluding hydrogens is 400 g/mol. The lowest BCUT2D eigenvalue weighted by Crippen LogP contribution is -2.17. The summed E-state index contributed by atoms with van der Waals surface area (Å²) in [6.07, 6.45) is 28.2. The summed E-state index contributed by atoms with van der Waals surface area (Å²) in [5.74, 6) is -2.16. The first kappa shape index (κ1) is 30.7. The normalized spacial score (nSPS) is 12.3. The number of carboxylic acid groups (broad SMARTS) is 1. The summed E-state index contributed by atoms with van der Waals surface area (Å²) in [6.45, 7) is 4.55. The molecule has 0 aromatic heterocycles. The molecule has 1 unspecified atom stereocenters. The number of aliphatic carboxylic acids is 1. The topological polar surface area (TPSA) is 63.6 Å². The van der Waals surface area contributed by atoms with Gasteiger partial charge in [0.15, 0.2) is 0 Å². The van der Waals surface area contributed by atoms with Crippen LogP contribution in [-0.4, -0.2) is 23.7 Å². The van der Waals surface area contributed by atoms with Crippen molar-refractivity contribution in [2.45, 2.75) is 142 Å². The van der Waals surface area contributed by atoms with Gasteiger partial charge < -0.3 is 9.84 Å². The molecule has 188 valence electrons. The van der Waals surface area contributed by atoms with E-state index in [9.17, 15) is 14.7 Å². The smallest absolute Gasteiger partial charge is 0.310 e. The SMILES string of the molecule is CCCCCCCCCCCCCCCCCCC/C=C/C(CC(=O)OCCC)C(=O)O. The molecule has 0 saturated heterocycles. The molecule has 4 heteroatoms. The maximum Gasteiger partial charge on any atom is 0.310 e. The van der Waals surface area contributed by atoms with Crippen LogP contribution in [0.5, 0.6) is 0 Å². The van der Waals surface area contributed by atoms with Crippen LogP contribution in [0.2, 0.25) is 0 Å². The van der Waals surface area contributed by atoms with E-state index in [1.807, 2.05) is 13.0 Å². The monoisotopic (exact) mass is 452 g/mol. The minimum atomic E-state index is -0.961. The highest BCUT2D eigenvalue weighted by molar-refractivity contribution is 5.80. The van der Waals surface area contributed by atoms with Crippen LogP contribution in [0.25, 0.3) is 0 Å². The third kappa shape index (κ3) is 21.9. The number of hydrogen-bond acceptors (Lipinski definition) is 3. The summed E-state index contributed by atoms with van der Waals surface area (Å²) in [5, 5.41) is 9.24. The molecule has 0 heterocycles. The Labute approximate surface area is 198 Å². The van der Waals surface area contributed by atoms with E-state index in [0.29, 0.717) is 6.61 Å². The molecule has 0 aliphatic rings. The van der Waals surface area contributed by atoms with Crippen LogP contribution in [0.15, 0.2) is 12.2 Å². The number of ether oxygens (including phenoxy) is 1. The number of carbonyl (C=O) groups excluding carboxylic acids is 1. The lowest BCUT2D eigenvalue weighted by molar-refractivity contribution is -0.150. The molecule has 0 aromatic carbocycles. The van der Waals surface area contributed by atoms with Crippen LogP contribution in [0, 0.1) is 5.92 Å². The van der Waals surface area contributed by atoms with E-state index < -0.39 is 17.9 Å². The van der Waals surface area contributed by atoms with Gasteiger partial charge in [-0.15, -0.1) is 0 Å². The number of esters is 1. The molecule has 0 radical (unpaired) electrons. The number of unbranched alkanes of at least 4 members (excludes halogenated alkanes) is 17. The van der Waals surface area contributed by atoms with E-state index in [0.717, 1.165) is 19.3 Å². The molecule has 0 aromatic rings. The molecule has 0 spiro atoms. The third-order valence-electron chi connectivity index (χ3n) is 6.01. The summed E-state index contributed by atoms with van der Waals surface area (Å²) >= 11 is 0. The van der Waals surface area contributed by atoms with Crippen LogP contribution >= 0.6 is 0 Å². The molecule has 0 aliphatic heterocycles. The number of hydrogen-bond donors (Lipinski definition) is 1. The zero-order valence-corrected chi connectivity index (χ0v) is 21.3. The second-order valence-electron chi connectivity index (χ2n) is 9.24. The standard InChI is InChI=1S/C28H52O4/c1-3-5-6-7-8-9-10-11-12-13-14-15-16-17-18-19-20-21-22-23-26(28(30)31)25-27(29)32-24-4-2/h22-23,26H,3-21,24-25H2,1-2H3,(H,30,31)/b23-22+. The van der Waals surface area contributed by atoms with Crippen molar-refractivity contribution in [3.8, 4) is 0 Å². The summed E-state index contributed by atoms with van der Waals surface area (Å²) in [6, 6.07) is 0. The second kappa shape index (κ2) is 24.3. The van der Waals surface area contributed by atoms with E-state index in [-0.39, 0.29) is 6.42 Å². The van der Waals surface area contributed by atoms with Gasteiger partial charge in [-0.2, -0.15) is 0 Å². The molecule has 0 aliphatic carbocycles. The fraction of sp³-hybridized carbons (Fsp3) is 0.857. The van der Waals surface area contributed by atoms with Gasteiger partial charge >= 0.3 is 11.9 Å². The quantitative estimate of drug-likeness (QED) is 0.0904. The largest absolute Gasteiger partial charge is 0.481 e. The molecular formula is C28H52O4. The predicted octanol–water partition coefficient (Wildman–Crippen LogP) is 8.63. The zero-order chi connectivity index (χ0) is 23.7. The molecule has 0 saturated carbocycles. The first-order valence-electron chi connectivity index (χ1n) is 13.7. The van der Waals surface area contributed by atoms with E-state index in [4.69, 9.17) is 4.74 Å². The number of allylic oxidation sites excluding steroid dienone is 1. The Morgan fingerprint density at radius 2 is 1.12 bits per heavy atom. The highest BCUT2D eigenvalue weighted by atomic mass is 16.5. The Morgan fingerprint density at radius 3 is 1.53 bits per heavy atom. The van der Waals surface area contributed by atoms with E-state index in [1.165, 1.54) is 103 Å². The average Bonchev–Trinajstić information content (AvgIpc) is 2.78. The Bertz CT molecular complexity index is 458. The summed E-state index contributed by atoms with van der Waals surface area (Å²) in [7, 11) is 0. The van der Waals surface area contributed by atoms with Gasteiger partial charge in [0.2, 0.25) is 0 Å². The van der Waals surface area contributed by atoms with Crippen LogP contribution in [0.1, 0.15) is 142 Å². The predicted molar refractivity (Wildman–Crippen MR) is 135 cm³/mol. The molecule has 0 fully saturated rings. The minimum absolute atomic E-state index is 0.0785. The van der Waals surface area contributed by atoms with Gasteiger partial charge in [-0.3, -0.25) is 9.59 Å². The lowest BCUT2D eigenvalue weighted by atomic mass is 10.0. The van der Waals surface area contributed by atoms with Crippen molar-refractivity contribution in [2.75, 3.05) is 6.61 Å². The fourth-order valence-electron chi connectivity index (χ4n) is 3.94. The van der Waals surface area contributed by atoms with Crippen LogP contribution in [0.3, 0.4) is 0 Å². The van der Waals surface area contributed by atoms with Crippen LogP contribution in [-0.2, 0) is 14.3 Å². The maximum absolute atomic E-state index is 11.6. The molecule has 1 atom stereocenters. The second-order valence-corrected chi connectivity index (χ2v) is 9.24. The van der Waals surface area contributed by atoms with Crippen molar-refractivity contribution in [1.82, 2.24) is 0 Å². The zero-order valence-electron chi connectivity index (χ0n) is 21.3. The Balaban J connectivity index is 3.45. The Hall–Kier alpha value is -1.32. The van der Waals surface area contributed by atoms with Crippen molar-refractivity contribution in [1.29, 1.82) is 0 Å². The lowest BCUT2D eigenvalue weighted by Gasteiger charge is -2.07. The van der Waals surface area contributed by atoms with Gasteiger partial charge in [0, 0.05) is 0 Å². The van der Waals surface area contributed by atoms with Crippen LogP contribution in [0.4, 0.5) is 0 Å². The number of carboxylic acids is 1. The van der Waals surface area contributed by atoms with Crippen molar-refractivity contribution < 1.29 is 19.4 Å². The maximum atomic E-state index is 11.6. The van der Waals surface area contributed by atoms with Crippen molar-refractivity contribution in [3.63, 3.8) is 0 Å². The van der Waals surface area contributed by atoms with Gasteiger partial charge in [0.25, 0.3) is 0 Å². The molecule has 32 heavy (non-hydrogen) atoms. The molecule has 1 N–H and O–H groups in total. The summed E-state index contributed by atoms with van der Waals surface area (Å²) in [4.78, 5) is 22.9. The van der Waals surface area contributed by atoms with E-state index >= 15 is 0 Å². The van der Waals surface area contributed by atoms with Gasteiger partial charge in [-0.1, -0.05) is 129 Å². The van der Waals surface area contributed by atoms with Gasteiger partial charge in [-0.05, 0) is 19.3 Å². The first-order valence-corrected chi connectivity index (χ1v) is 13.7. The fourth-order valence-corrected chi connectivity index (χ4v) is 3.94. The number of rotatable bonds is 24. The third-order valence-corrected chi connectivity index (χ3v) is 6.01. The number of carbonyl (C=O) groups is 2. The van der Waals surface area contributed by atoms with Gasteiger partial charge in [-0.25, -0.2) is 0 Å².